The average molecular weight is 463 g/mol. The second kappa shape index (κ2) is 8.44. The summed E-state index contributed by atoms with van der Waals surface area (Å²) in [6.45, 7) is 2.18. The fraction of sp³-hybridized carbons (Fsp3) is 0.280. The summed E-state index contributed by atoms with van der Waals surface area (Å²) < 4.78 is 5.34. The van der Waals surface area contributed by atoms with E-state index in [1.807, 2.05) is 0 Å². The largest absolute Gasteiger partial charge is 0.461 e. The third-order valence-electron chi connectivity index (χ3n) is 6.13. The fourth-order valence-corrected chi connectivity index (χ4v) is 5.84. The summed E-state index contributed by atoms with van der Waals surface area (Å²) in [4.78, 5) is 52.8. The quantitative estimate of drug-likeness (QED) is 0.441. The highest BCUT2D eigenvalue weighted by Crippen LogP contribution is 2.41. The molecule has 5 rings (SSSR count). The van der Waals surface area contributed by atoms with E-state index >= 15 is 0 Å². The fourth-order valence-electron chi connectivity index (χ4n) is 4.44. The Hall–Kier alpha value is -3.52. The van der Waals surface area contributed by atoms with Gasteiger partial charge in [-0.05, 0) is 61.1 Å². The lowest BCUT2D eigenvalue weighted by Crippen LogP contribution is -2.28. The van der Waals surface area contributed by atoms with Crippen LogP contribution in [0.1, 0.15) is 63.1 Å². The van der Waals surface area contributed by atoms with Crippen molar-refractivity contribution < 1.29 is 23.6 Å². The second-order valence-electron chi connectivity index (χ2n) is 8.49. The van der Waals surface area contributed by atoms with Crippen LogP contribution in [0.15, 0.2) is 47.1 Å². The van der Waals surface area contributed by atoms with Gasteiger partial charge in [-0.3, -0.25) is 24.1 Å². The van der Waals surface area contributed by atoms with Gasteiger partial charge >= 0.3 is 0 Å². The van der Waals surface area contributed by atoms with Gasteiger partial charge in [0, 0.05) is 23.3 Å². The minimum atomic E-state index is -0.406. The molecule has 1 aliphatic carbocycles. The van der Waals surface area contributed by atoms with Crippen LogP contribution in [0, 0.1) is 5.92 Å². The predicted molar refractivity (Wildman–Crippen MR) is 124 cm³/mol. The molecule has 2 aliphatic rings. The highest BCUT2D eigenvalue weighted by Gasteiger charge is 2.32. The molecule has 1 saturated heterocycles. The van der Waals surface area contributed by atoms with Gasteiger partial charge in [0.2, 0.25) is 17.6 Å². The molecule has 1 aromatic carbocycles. The van der Waals surface area contributed by atoms with E-state index in [1.54, 1.807) is 30.3 Å². The zero-order valence-corrected chi connectivity index (χ0v) is 18.9. The molecule has 1 fully saturated rings. The third-order valence-corrected chi connectivity index (χ3v) is 7.30. The molecule has 8 heteroatoms. The molecule has 1 aliphatic heterocycles. The lowest BCUT2D eigenvalue weighted by atomic mass is 9.87. The van der Waals surface area contributed by atoms with Crippen molar-refractivity contribution in [2.24, 2.45) is 5.92 Å². The normalized spacial score (nSPS) is 17.8. The number of ketones is 1. The first-order valence-corrected chi connectivity index (χ1v) is 11.7. The molecule has 3 heterocycles. The number of rotatable bonds is 5. The number of amides is 3. The van der Waals surface area contributed by atoms with Crippen LogP contribution in [-0.4, -0.2) is 23.5 Å². The van der Waals surface area contributed by atoms with Crippen LogP contribution in [0.25, 0.3) is 0 Å². The Bertz CT molecular complexity index is 1260. The van der Waals surface area contributed by atoms with Gasteiger partial charge in [0.05, 0.1) is 17.5 Å². The number of thiophene rings is 1. The van der Waals surface area contributed by atoms with Gasteiger partial charge in [-0.1, -0.05) is 13.0 Å². The molecule has 0 saturated carbocycles. The van der Waals surface area contributed by atoms with E-state index in [9.17, 15) is 19.2 Å². The van der Waals surface area contributed by atoms with Crippen molar-refractivity contribution in [2.45, 2.75) is 39.0 Å². The van der Waals surface area contributed by atoms with Crippen molar-refractivity contribution in [1.29, 1.82) is 0 Å². The average Bonchev–Trinajstić information content (AvgIpc) is 3.52. The Balaban J connectivity index is 1.48. The summed E-state index contributed by atoms with van der Waals surface area (Å²) in [7, 11) is 0. The van der Waals surface area contributed by atoms with E-state index in [2.05, 4.69) is 12.2 Å². The van der Waals surface area contributed by atoms with Gasteiger partial charge in [0.25, 0.3) is 5.91 Å². The maximum Gasteiger partial charge on any atom is 0.256 e. The smallest absolute Gasteiger partial charge is 0.256 e. The van der Waals surface area contributed by atoms with Crippen LogP contribution in [-0.2, 0) is 22.4 Å². The van der Waals surface area contributed by atoms with Crippen LogP contribution in [0.4, 0.5) is 10.7 Å². The summed E-state index contributed by atoms with van der Waals surface area (Å²) in [5.41, 5.74) is 2.15. The lowest BCUT2D eigenvalue weighted by Gasteiger charge is -2.18. The van der Waals surface area contributed by atoms with E-state index in [4.69, 9.17) is 4.42 Å². The molecule has 3 aromatic rings. The number of hydrogen-bond donors (Lipinski definition) is 1. The minimum absolute atomic E-state index is 0.173. The summed E-state index contributed by atoms with van der Waals surface area (Å²) in [6.07, 6.45) is 4.43. The van der Waals surface area contributed by atoms with E-state index in [-0.39, 0.29) is 36.2 Å². The Morgan fingerprint density at radius 1 is 1.09 bits per heavy atom. The first-order chi connectivity index (χ1) is 15.9. The molecular weight excluding hydrogens is 440 g/mol. The summed E-state index contributed by atoms with van der Waals surface area (Å²) >= 11 is 1.43. The number of hydrogen-bond acceptors (Lipinski definition) is 6. The summed E-state index contributed by atoms with van der Waals surface area (Å²) in [6, 6.07) is 9.71. The van der Waals surface area contributed by atoms with Crippen molar-refractivity contribution in [1.82, 2.24) is 0 Å². The van der Waals surface area contributed by atoms with E-state index in [1.165, 1.54) is 23.7 Å². The molecule has 7 nitrogen and oxygen atoms in total. The zero-order chi connectivity index (χ0) is 23.1. The van der Waals surface area contributed by atoms with Crippen LogP contribution in [0.3, 0.4) is 0 Å². The van der Waals surface area contributed by atoms with Gasteiger partial charge in [0.1, 0.15) is 5.00 Å². The van der Waals surface area contributed by atoms with Crippen LogP contribution in [0.5, 0.6) is 0 Å². The first kappa shape index (κ1) is 21.3. The van der Waals surface area contributed by atoms with Crippen molar-refractivity contribution in [3.8, 4) is 0 Å². The molecule has 1 atom stereocenters. The molecular formula is C25H22N2O5S. The summed E-state index contributed by atoms with van der Waals surface area (Å²) in [5.74, 6) is -0.454. The number of carbonyl (C=O) groups excluding carboxylic acids is 4. The molecule has 168 valence electrons. The van der Waals surface area contributed by atoms with Gasteiger partial charge in [-0.15, -0.1) is 11.3 Å². The van der Waals surface area contributed by atoms with E-state index < -0.39 is 5.91 Å². The molecule has 0 spiro atoms. The number of anilines is 2. The molecule has 0 radical (unpaired) electrons. The number of carbonyl (C=O) groups is 4. The maximum atomic E-state index is 13.2. The topological polar surface area (TPSA) is 96.7 Å². The van der Waals surface area contributed by atoms with Crippen molar-refractivity contribution >= 4 is 45.5 Å². The molecule has 33 heavy (non-hydrogen) atoms. The number of nitrogens with one attached hydrogen (secondary N) is 1. The van der Waals surface area contributed by atoms with E-state index in [0.29, 0.717) is 27.7 Å². The Labute approximate surface area is 194 Å². The monoisotopic (exact) mass is 462 g/mol. The summed E-state index contributed by atoms with van der Waals surface area (Å²) in [5, 5.41) is 3.41. The zero-order valence-electron chi connectivity index (χ0n) is 18.1. The van der Waals surface area contributed by atoms with Crippen LogP contribution >= 0.6 is 11.3 Å². The minimum Gasteiger partial charge on any atom is -0.461 e. The number of imide groups is 1. The molecule has 2 aromatic heterocycles. The Morgan fingerprint density at radius 3 is 2.61 bits per heavy atom. The van der Waals surface area contributed by atoms with Crippen molar-refractivity contribution in [3.63, 3.8) is 0 Å². The molecule has 1 N–H and O–H groups in total. The van der Waals surface area contributed by atoms with Gasteiger partial charge in [0.15, 0.2) is 5.76 Å². The SMILES string of the molecule is CC1CCc2c(sc(NC(=O)c3cccc(N4C(=O)CCC4=O)c3)c2C(=O)c2ccco2)C1. The third kappa shape index (κ3) is 3.91. The number of furan rings is 1. The number of fused-ring (bicyclic) bond motifs is 1. The van der Waals surface area contributed by atoms with Crippen LogP contribution < -0.4 is 10.2 Å². The first-order valence-electron chi connectivity index (χ1n) is 10.9. The highest BCUT2D eigenvalue weighted by molar-refractivity contribution is 7.17. The highest BCUT2D eigenvalue weighted by atomic mass is 32.1. The Morgan fingerprint density at radius 2 is 1.88 bits per heavy atom. The van der Waals surface area contributed by atoms with Crippen LogP contribution in [0.2, 0.25) is 0 Å². The van der Waals surface area contributed by atoms with Gasteiger partial charge < -0.3 is 9.73 Å². The van der Waals surface area contributed by atoms with Crippen molar-refractivity contribution in [2.75, 3.05) is 10.2 Å². The maximum absolute atomic E-state index is 13.2. The van der Waals surface area contributed by atoms with E-state index in [0.717, 1.165) is 34.6 Å². The van der Waals surface area contributed by atoms with Crippen molar-refractivity contribution in [3.05, 3.63) is 70.0 Å². The standard InChI is InChI=1S/C25H22N2O5S/c1-14-7-8-17-19(12-14)33-25(22(17)23(30)18-6-3-11-32-18)26-24(31)15-4-2-5-16(13-15)27-20(28)9-10-21(27)29/h2-6,11,13-14H,7-10,12H2,1H3,(H,26,31). The Kier molecular flexibility index (Phi) is 5.46. The lowest BCUT2D eigenvalue weighted by molar-refractivity contribution is -0.121. The predicted octanol–water partition coefficient (Wildman–Crippen LogP) is 4.60. The number of nitrogens with zero attached hydrogens (tertiary/aromatic N) is 1. The van der Waals surface area contributed by atoms with Gasteiger partial charge in [-0.25, -0.2) is 0 Å². The second-order valence-corrected chi connectivity index (χ2v) is 9.59. The molecule has 0 bridgehead atoms. The molecule has 3 amide bonds. The van der Waals surface area contributed by atoms with Gasteiger partial charge in [-0.2, -0.15) is 0 Å². The molecule has 1 unspecified atom stereocenters. The number of benzene rings is 1.